The molecule has 6 nitrogen and oxygen atoms in total. The fraction of sp³-hybridized carbons (Fsp3) is 0.800. The van der Waals surface area contributed by atoms with Crippen LogP contribution in [0.5, 0.6) is 0 Å². The minimum atomic E-state index is -0.909. The van der Waals surface area contributed by atoms with Crippen molar-refractivity contribution in [1.29, 1.82) is 0 Å². The first-order valence-electron chi connectivity index (χ1n) is 5.47. The van der Waals surface area contributed by atoms with Crippen LogP contribution in [0.15, 0.2) is 0 Å². The predicted octanol–water partition coefficient (Wildman–Crippen LogP) is -1.19. The van der Waals surface area contributed by atoms with Crippen LogP contribution >= 0.6 is 0 Å². The molecular formula is C10H16N2O4. The van der Waals surface area contributed by atoms with Crippen molar-refractivity contribution in [2.75, 3.05) is 26.3 Å². The van der Waals surface area contributed by atoms with Gasteiger partial charge in [-0.05, 0) is 19.0 Å². The van der Waals surface area contributed by atoms with E-state index >= 15 is 0 Å². The highest BCUT2D eigenvalue weighted by molar-refractivity contribution is 5.78. The first-order chi connectivity index (χ1) is 7.66. The van der Waals surface area contributed by atoms with Crippen LogP contribution in [-0.4, -0.2) is 49.3 Å². The van der Waals surface area contributed by atoms with Gasteiger partial charge in [0.05, 0.1) is 19.3 Å². The van der Waals surface area contributed by atoms with E-state index in [1.165, 1.54) is 0 Å². The molecule has 2 saturated heterocycles. The van der Waals surface area contributed by atoms with E-state index in [9.17, 15) is 9.59 Å². The molecule has 0 aliphatic carbocycles. The van der Waals surface area contributed by atoms with Crippen LogP contribution in [0.25, 0.3) is 0 Å². The Labute approximate surface area is 93.3 Å². The molecule has 2 unspecified atom stereocenters. The normalized spacial score (nSPS) is 29.8. The number of carbonyl (C=O) groups excluding carboxylic acids is 1. The topological polar surface area (TPSA) is 87.7 Å². The monoisotopic (exact) mass is 228 g/mol. The van der Waals surface area contributed by atoms with Gasteiger partial charge in [-0.1, -0.05) is 0 Å². The number of amides is 1. The van der Waals surface area contributed by atoms with Crippen molar-refractivity contribution in [2.24, 2.45) is 11.8 Å². The van der Waals surface area contributed by atoms with Crippen molar-refractivity contribution in [3.63, 3.8) is 0 Å². The van der Waals surface area contributed by atoms with Gasteiger partial charge in [0.1, 0.15) is 5.92 Å². The molecule has 16 heavy (non-hydrogen) atoms. The van der Waals surface area contributed by atoms with E-state index in [0.717, 1.165) is 13.1 Å². The Morgan fingerprint density at radius 1 is 1.38 bits per heavy atom. The van der Waals surface area contributed by atoms with Gasteiger partial charge < -0.3 is 20.5 Å². The van der Waals surface area contributed by atoms with Gasteiger partial charge in [-0.15, -0.1) is 0 Å². The van der Waals surface area contributed by atoms with E-state index in [-0.39, 0.29) is 18.6 Å². The van der Waals surface area contributed by atoms with Crippen LogP contribution < -0.4 is 10.6 Å². The zero-order valence-corrected chi connectivity index (χ0v) is 8.94. The first kappa shape index (κ1) is 11.3. The average molecular weight is 228 g/mol. The molecule has 0 aromatic carbocycles. The van der Waals surface area contributed by atoms with E-state index in [0.29, 0.717) is 18.9 Å². The Morgan fingerprint density at radius 2 is 2.12 bits per heavy atom. The van der Waals surface area contributed by atoms with E-state index in [1.54, 1.807) is 0 Å². The fourth-order valence-electron chi connectivity index (χ4n) is 1.96. The third kappa shape index (κ3) is 2.51. The second kappa shape index (κ2) is 4.80. The summed E-state index contributed by atoms with van der Waals surface area (Å²) in [7, 11) is 0. The second-order valence-corrected chi connectivity index (χ2v) is 4.38. The molecule has 2 aliphatic heterocycles. The van der Waals surface area contributed by atoms with Crippen molar-refractivity contribution in [2.45, 2.75) is 12.5 Å². The summed E-state index contributed by atoms with van der Waals surface area (Å²) in [5.41, 5.74) is 0. The Bertz CT molecular complexity index is 291. The SMILES string of the molecule is O=C(CC1CNC1)NC1COCC1C(=O)O. The summed E-state index contributed by atoms with van der Waals surface area (Å²) in [6, 6.07) is -0.377. The Morgan fingerprint density at radius 3 is 2.69 bits per heavy atom. The summed E-state index contributed by atoms with van der Waals surface area (Å²) in [4.78, 5) is 22.4. The molecule has 0 aromatic heterocycles. The van der Waals surface area contributed by atoms with Crippen molar-refractivity contribution in [1.82, 2.24) is 10.6 Å². The summed E-state index contributed by atoms with van der Waals surface area (Å²) in [6.45, 7) is 2.23. The molecule has 2 fully saturated rings. The standard InChI is InChI=1S/C10H16N2O4/c13-9(1-6-2-11-3-6)12-8-5-16-4-7(8)10(14)15/h6-8,11H,1-5H2,(H,12,13)(H,14,15). The molecule has 0 radical (unpaired) electrons. The molecule has 6 heteroatoms. The second-order valence-electron chi connectivity index (χ2n) is 4.38. The number of ether oxygens (including phenoxy) is 1. The van der Waals surface area contributed by atoms with Gasteiger partial charge in [0.2, 0.25) is 5.91 Å². The molecule has 0 spiro atoms. The molecule has 0 saturated carbocycles. The van der Waals surface area contributed by atoms with E-state index in [4.69, 9.17) is 9.84 Å². The highest BCUT2D eigenvalue weighted by Gasteiger charge is 2.35. The van der Waals surface area contributed by atoms with Gasteiger partial charge in [0, 0.05) is 6.42 Å². The minimum absolute atomic E-state index is 0.0757. The summed E-state index contributed by atoms with van der Waals surface area (Å²) < 4.78 is 5.07. The molecule has 0 aromatic rings. The Hall–Kier alpha value is -1.14. The molecule has 0 bridgehead atoms. The van der Waals surface area contributed by atoms with Crippen molar-refractivity contribution in [3.05, 3.63) is 0 Å². The van der Waals surface area contributed by atoms with Crippen molar-refractivity contribution in [3.8, 4) is 0 Å². The van der Waals surface area contributed by atoms with Crippen LogP contribution in [0.1, 0.15) is 6.42 Å². The number of nitrogens with one attached hydrogen (secondary N) is 2. The Kier molecular flexibility index (Phi) is 3.40. The maximum Gasteiger partial charge on any atom is 0.311 e. The van der Waals surface area contributed by atoms with Gasteiger partial charge in [0.25, 0.3) is 0 Å². The maximum absolute atomic E-state index is 11.6. The lowest BCUT2D eigenvalue weighted by molar-refractivity contribution is -0.142. The molecule has 2 atom stereocenters. The molecule has 1 amide bonds. The number of aliphatic carboxylic acids is 1. The molecule has 90 valence electrons. The van der Waals surface area contributed by atoms with Crippen LogP contribution in [0.2, 0.25) is 0 Å². The summed E-state index contributed by atoms with van der Waals surface area (Å²) >= 11 is 0. The molecule has 2 heterocycles. The lowest BCUT2D eigenvalue weighted by Gasteiger charge is -2.27. The minimum Gasteiger partial charge on any atom is -0.481 e. The summed E-state index contributed by atoms with van der Waals surface area (Å²) in [5.74, 6) is -1.20. The largest absolute Gasteiger partial charge is 0.481 e. The third-order valence-electron chi connectivity index (χ3n) is 3.08. The number of rotatable bonds is 4. The fourth-order valence-corrected chi connectivity index (χ4v) is 1.96. The van der Waals surface area contributed by atoms with Crippen LogP contribution in [0, 0.1) is 11.8 Å². The quantitative estimate of drug-likeness (QED) is 0.563. The van der Waals surface area contributed by atoms with E-state index in [1.807, 2.05) is 0 Å². The van der Waals surface area contributed by atoms with Crippen LogP contribution in [0.3, 0.4) is 0 Å². The number of carbonyl (C=O) groups is 2. The summed E-state index contributed by atoms with van der Waals surface area (Å²) in [5, 5.41) is 14.7. The van der Waals surface area contributed by atoms with E-state index in [2.05, 4.69) is 10.6 Å². The molecule has 2 aliphatic rings. The van der Waals surface area contributed by atoms with Crippen molar-refractivity contribution >= 4 is 11.9 Å². The number of carboxylic acids is 1. The maximum atomic E-state index is 11.6. The van der Waals surface area contributed by atoms with Gasteiger partial charge >= 0.3 is 5.97 Å². The van der Waals surface area contributed by atoms with Gasteiger partial charge in [-0.3, -0.25) is 9.59 Å². The van der Waals surface area contributed by atoms with Gasteiger partial charge in [-0.25, -0.2) is 0 Å². The average Bonchev–Trinajstić information content (AvgIpc) is 2.59. The predicted molar refractivity (Wildman–Crippen MR) is 54.9 cm³/mol. The number of hydrogen-bond donors (Lipinski definition) is 3. The van der Waals surface area contributed by atoms with Crippen molar-refractivity contribution < 1.29 is 19.4 Å². The van der Waals surface area contributed by atoms with Crippen LogP contribution in [0.4, 0.5) is 0 Å². The zero-order valence-electron chi connectivity index (χ0n) is 8.94. The number of hydrogen-bond acceptors (Lipinski definition) is 4. The molecular weight excluding hydrogens is 212 g/mol. The number of carboxylic acid groups (broad SMARTS) is 1. The van der Waals surface area contributed by atoms with Gasteiger partial charge in [-0.2, -0.15) is 0 Å². The lowest BCUT2D eigenvalue weighted by Crippen LogP contribution is -2.47. The Balaban J connectivity index is 1.78. The van der Waals surface area contributed by atoms with E-state index < -0.39 is 11.9 Å². The molecule has 2 rings (SSSR count). The zero-order chi connectivity index (χ0) is 11.5. The van der Waals surface area contributed by atoms with Gasteiger partial charge in [0.15, 0.2) is 0 Å². The third-order valence-corrected chi connectivity index (χ3v) is 3.08. The lowest BCUT2D eigenvalue weighted by atomic mass is 9.98. The van der Waals surface area contributed by atoms with Crippen LogP contribution in [-0.2, 0) is 14.3 Å². The first-order valence-corrected chi connectivity index (χ1v) is 5.47. The highest BCUT2D eigenvalue weighted by Crippen LogP contribution is 2.15. The summed E-state index contributed by atoms with van der Waals surface area (Å²) in [6.07, 6.45) is 0.468. The highest BCUT2D eigenvalue weighted by atomic mass is 16.5. The smallest absolute Gasteiger partial charge is 0.311 e. The molecule has 3 N–H and O–H groups in total.